The fraction of sp³-hybridized carbons (Fsp3) is 0.438. The average molecular weight is 287 g/mol. The average Bonchev–Trinajstić information content (AvgIpc) is 2.54. The van der Waals surface area contributed by atoms with Crippen molar-refractivity contribution in [2.24, 2.45) is 0 Å². The number of pyridine rings is 1. The Kier molecular flexibility index (Phi) is 3.84. The van der Waals surface area contributed by atoms with Gasteiger partial charge in [-0.2, -0.15) is 0 Å². The summed E-state index contributed by atoms with van der Waals surface area (Å²) in [5.74, 6) is 2.56. The number of nitrogens with one attached hydrogen (secondary N) is 1. The summed E-state index contributed by atoms with van der Waals surface area (Å²) in [6.07, 6.45) is 0. The summed E-state index contributed by atoms with van der Waals surface area (Å²) in [6.45, 7) is 6.07. The van der Waals surface area contributed by atoms with Crippen molar-refractivity contribution in [1.29, 1.82) is 0 Å². The molecule has 1 aromatic heterocycles. The van der Waals surface area contributed by atoms with Crippen molar-refractivity contribution < 1.29 is 9.47 Å². The van der Waals surface area contributed by atoms with E-state index >= 15 is 0 Å². The number of nitrogens with zero attached hydrogens (tertiary/aromatic N) is 2. The molecular formula is C16H21N3O2. The third-order valence-electron chi connectivity index (χ3n) is 3.94. The first-order valence-electron chi connectivity index (χ1n) is 7.22. The number of hydrogen-bond acceptors (Lipinski definition) is 5. The number of fused-ring (bicyclic) bond motifs is 1. The van der Waals surface area contributed by atoms with E-state index in [4.69, 9.17) is 14.5 Å². The predicted octanol–water partition coefficient (Wildman–Crippen LogP) is 1.97. The molecule has 0 amide bonds. The molecule has 1 saturated heterocycles. The Morgan fingerprint density at radius 3 is 2.52 bits per heavy atom. The number of aromatic nitrogens is 1. The SMILES string of the molecule is COc1cc(OC)c2nc(N3CCNCC3)cc(C)c2c1. The Balaban J connectivity index is 2.13. The van der Waals surface area contributed by atoms with Gasteiger partial charge >= 0.3 is 0 Å². The summed E-state index contributed by atoms with van der Waals surface area (Å²) in [4.78, 5) is 7.14. The largest absolute Gasteiger partial charge is 0.497 e. The number of benzene rings is 1. The van der Waals surface area contributed by atoms with Crippen molar-refractivity contribution in [3.05, 3.63) is 23.8 Å². The van der Waals surface area contributed by atoms with Gasteiger partial charge in [0, 0.05) is 37.6 Å². The molecular weight excluding hydrogens is 266 g/mol. The first-order valence-corrected chi connectivity index (χ1v) is 7.22. The van der Waals surface area contributed by atoms with Gasteiger partial charge in [-0.3, -0.25) is 0 Å². The number of piperazine rings is 1. The molecule has 0 saturated carbocycles. The minimum absolute atomic E-state index is 0.754. The summed E-state index contributed by atoms with van der Waals surface area (Å²) in [6, 6.07) is 6.05. The van der Waals surface area contributed by atoms with Gasteiger partial charge in [-0.15, -0.1) is 0 Å². The van der Waals surface area contributed by atoms with Gasteiger partial charge in [-0.05, 0) is 24.6 Å². The quantitative estimate of drug-likeness (QED) is 0.935. The molecule has 0 aliphatic carbocycles. The normalized spacial score (nSPS) is 15.3. The van der Waals surface area contributed by atoms with Crippen molar-refractivity contribution in [2.45, 2.75) is 6.92 Å². The standard InChI is InChI=1S/C16H21N3O2/c1-11-8-15(19-6-4-17-5-7-19)18-16-13(11)9-12(20-2)10-14(16)21-3/h8-10,17H,4-7H2,1-3H3. The van der Waals surface area contributed by atoms with Crippen LogP contribution in [-0.2, 0) is 0 Å². The number of rotatable bonds is 3. The molecule has 0 bridgehead atoms. The van der Waals surface area contributed by atoms with Crippen molar-refractivity contribution >= 4 is 16.7 Å². The molecule has 0 spiro atoms. The Bertz CT molecular complexity index is 652. The maximum absolute atomic E-state index is 5.49. The molecule has 0 atom stereocenters. The number of ether oxygens (including phenoxy) is 2. The first kappa shape index (κ1) is 13.9. The second-order valence-corrected chi connectivity index (χ2v) is 5.26. The lowest BCUT2D eigenvalue weighted by Crippen LogP contribution is -2.43. The van der Waals surface area contributed by atoms with E-state index in [9.17, 15) is 0 Å². The highest BCUT2D eigenvalue weighted by atomic mass is 16.5. The second-order valence-electron chi connectivity index (χ2n) is 5.26. The van der Waals surface area contributed by atoms with Crippen LogP contribution in [0.15, 0.2) is 18.2 Å². The summed E-state index contributed by atoms with van der Waals surface area (Å²) in [5, 5.41) is 4.44. The molecule has 1 fully saturated rings. The highest BCUT2D eigenvalue weighted by Gasteiger charge is 2.16. The molecule has 0 unspecified atom stereocenters. The maximum atomic E-state index is 5.49. The Morgan fingerprint density at radius 2 is 1.86 bits per heavy atom. The van der Waals surface area contributed by atoms with E-state index in [0.717, 1.165) is 54.4 Å². The Morgan fingerprint density at radius 1 is 1.10 bits per heavy atom. The van der Waals surface area contributed by atoms with Crippen LogP contribution in [0.4, 0.5) is 5.82 Å². The number of methoxy groups -OCH3 is 2. The molecule has 1 aliphatic rings. The molecule has 3 rings (SSSR count). The van der Waals surface area contributed by atoms with Gasteiger partial charge in [0.25, 0.3) is 0 Å². The van der Waals surface area contributed by atoms with Crippen LogP contribution >= 0.6 is 0 Å². The van der Waals surface area contributed by atoms with Crippen LogP contribution in [0.2, 0.25) is 0 Å². The molecule has 1 aromatic carbocycles. The van der Waals surface area contributed by atoms with Gasteiger partial charge in [0.1, 0.15) is 22.8 Å². The van der Waals surface area contributed by atoms with Crippen molar-refractivity contribution in [3.63, 3.8) is 0 Å². The zero-order valence-corrected chi connectivity index (χ0v) is 12.8. The fourth-order valence-electron chi connectivity index (χ4n) is 2.75. The van der Waals surface area contributed by atoms with Crippen LogP contribution in [0, 0.1) is 6.92 Å². The minimum atomic E-state index is 0.754. The summed E-state index contributed by atoms with van der Waals surface area (Å²) in [7, 11) is 3.33. The van der Waals surface area contributed by atoms with Gasteiger partial charge in [-0.1, -0.05) is 0 Å². The van der Waals surface area contributed by atoms with Crippen LogP contribution in [0.3, 0.4) is 0 Å². The lowest BCUT2D eigenvalue weighted by molar-refractivity contribution is 0.397. The molecule has 0 radical (unpaired) electrons. The van der Waals surface area contributed by atoms with E-state index in [1.807, 2.05) is 12.1 Å². The summed E-state index contributed by atoms with van der Waals surface area (Å²) >= 11 is 0. The molecule has 21 heavy (non-hydrogen) atoms. The third kappa shape index (κ3) is 2.61. The molecule has 112 valence electrons. The molecule has 1 N–H and O–H groups in total. The van der Waals surface area contributed by atoms with Crippen molar-refractivity contribution in [2.75, 3.05) is 45.3 Å². The molecule has 1 aliphatic heterocycles. The highest BCUT2D eigenvalue weighted by molar-refractivity contribution is 5.90. The highest BCUT2D eigenvalue weighted by Crippen LogP contribution is 2.33. The smallest absolute Gasteiger partial charge is 0.148 e. The van der Waals surface area contributed by atoms with Crippen LogP contribution < -0.4 is 19.7 Å². The molecule has 5 heteroatoms. The zero-order chi connectivity index (χ0) is 14.8. The van der Waals surface area contributed by atoms with Gasteiger partial charge < -0.3 is 19.7 Å². The zero-order valence-electron chi connectivity index (χ0n) is 12.8. The topological polar surface area (TPSA) is 46.6 Å². The summed E-state index contributed by atoms with van der Waals surface area (Å²) < 4.78 is 10.8. The van der Waals surface area contributed by atoms with E-state index < -0.39 is 0 Å². The van der Waals surface area contributed by atoms with Gasteiger partial charge in [0.15, 0.2) is 0 Å². The van der Waals surface area contributed by atoms with E-state index in [1.54, 1.807) is 14.2 Å². The lowest BCUT2D eigenvalue weighted by Gasteiger charge is -2.29. The Labute approximate surface area is 124 Å². The second kappa shape index (κ2) is 5.77. The maximum Gasteiger partial charge on any atom is 0.148 e. The fourth-order valence-corrected chi connectivity index (χ4v) is 2.75. The van der Waals surface area contributed by atoms with E-state index in [-0.39, 0.29) is 0 Å². The van der Waals surface area contributed by atoms with E-state index in [1.165, 1.54) is 5.56 Å². The van der Waals surface area contributed by atoms with Crippen LogP contribution in [0.1, 0.15) is 5.56 Å². The number of aryl methyl sites for hydroxylation is 1. The van der Waals surface area contributed by atoms with Crippen LogP contribution in [0.25, 0.3) is 10.9 Å². The number of anilines is 1. The first-order chi connectivity index (χ1) is 10.2. The molecule has 5 nitrogen and oxygen atoms in total. The molecule has 2 aromatic rings. The van der Waals surface area contributed by atoms with Gasteiger partial charge in [0.2, 0.25) is 0 Å². The number of hydrogen-bond donors (Lipinski definition) is 1. The van der Waals surface area contributed by atoms with Crippen LogP contribution in [-0.4, -0.2) is 45.4 Å². The van der Waals surface area contributed by atoms with E-state index in [0.29, 0.717) is 0 Å². The lowest BCUT2D eigenvalue weighted by atomic mass is 10.1. The van der Waals surface area contributed by atoms with Crippen LogP contribution in [0.5, 0.6) is 11.5 Å². The van der Waals surface area contributed by atoms with Gasteiger partial charge in [0.05, 0.1) is 14.2 Å². The van der Waals surface area contributed by atoms with Gasteiger partial charge in [-0.25, -0.2) is 4.98 Å². The third-order valence-corrected chi connectivity index (χ3v) is 3.94. The van der Waals surface area contributed by atoms with Crippen molar-refractivity contribution in [3.8, 4) is 11.5 Å². The monoisotopic (exact) mass is 287 g/mol. The Hall–Kier alpha value is -2.01. The minimum Gasteiger partial charge on any atom is -0.497 e. The van der Waals surface area contributed by atoms with E-state index in [2.05, 4.69) is 23.2 Å². The summed E-state index contributed by atoms with van der Waals surface area (Å²) in [5.41, 5.74) is 2.08. The predicted molar refractivity (Wildman–Crippen MR) is 84.7 cm³/mol. The van der Waals surface area contributed by atoms with Crippen molar-refractivity contribution in [1.82, 2.24) is 10.3 Å². The molecule has 2 heterocycles.